The van der Waals surface area contributed by atoms with Gasteiger partial charge in [0.05, 0.1) is 0 Å². The van der Waals surface area contributed by atoms with E-state index in [9.17, 15) is 0 Å². The monoisotopic (exact) mass is 296 g/mol. The van der Waals surface area contributed by atoms with E-state index >= 15 is 0 Å². The van der Waals surface area contributed by atoms with Crippen LogP contribution in [0.25, 0.3) is 0 Å². The van der Waals surface area contributed by atoms with Crippen molar-refractivity contribution >= 4 is 24.0 Å². The molecule has 1 aliphatic carbocycles. The summed E-state index contributed by atoms with van der Waals surface area (Å²) in [4.78, 5) is 0. The molecule has 0 heterocycles. The highest BCUT2D eigenvalue weighted by molar-refractivity contribution is 14.0. The fraction of sp³-hybridized carbons (Fsp3) is 0.455. The van der Waals surface area contributed by atoms with Crippen LogP contribution in [0.15, 0.2) is 30.3 Å². The van der Waals surface area contributed by atoms with Crippen molar-refractivity contribution in [1.82, 2.24) is 0 Å². The van der Waals surface area contributed by atoms with Crippen molar-refractivity contribution in [3.8, 4) is 0 Å². The molecule has 13 heavy (non-hydrogen) atoms. The molecule has 76 valence electrons. The molecular weight excluding hydrogens is 278 g/mol. The van der Waals surface area contributed by atoms with Crippen molar-refractivity contribution in [2.24, 2.45) is 0 Å². The van der Waals surface area contributed by atoms with Gasteiger partial charge in [-0.15, -0.1) is 24.0 Å². The predicted octanol–water partition coefficient (Wildman–Crippen LogP) is 4.36. The Labute approximate surface area is 97.1 Å². The molecule has 1 aromatic carbocycles. The van der Waals surface area contributed by atoms with E-state index in [2.05, 4.69) is 30.3 Å². The van der Waals surface area contributed by atoms with Crippen LogP contribution in [0.5, 0.6) is 0 Å². The van der Waals surface area contributed by atoms with Gasteiger partial charge in [0.1, 0.15) is 0 Å². The van der Waals surface area contributed by atoms with Crippen molar-refractivity contribution in [3.05, 3.63) is 35.9 Å². The number of rotatable bonds is 1. The third-order valence-corrected chi connectivity index (χ3v) is 1.85. The molecule has 0 N–H and O–H groups in total. The van der Waals surface area contributed by atoms with Crippen LogP contribution in [0.2, 0.25) is 0 Å². The maximum absolute atomic E-state index is 2.22. The molecule has 2 heteroatoms. The van der Waals surface area contributed by atoms with Crippen LogP contribution in [0, 0.1) is 0 Å². The Morgan fingerprint density at radius 1 is 1.00 bits per heavy atom. The second-order valence-corrected chi connectivity index (χ2v) is 2.68. The summed E-state index contributed by atoms with van der Waals surface area (Å²) in [5.74, 6) is 0.909. The van der Waals surface area contributed by atoms with Crippen LogP contribution in [-0.2, 0) is 0 Å². The number of halogens is 2. The molecule has 0 aliphatic heterocycles. The Bertz CT molecular complexity index is 195. The molecule has 0 bridgehead atoms. The van der Waals surface area contributed by atoms with Gasteiger partial charge in [0.2, 0.25) is 0 Å². The molecule has 0 radical (unpaired) electrons. The van der Waals surface area contributed by atoms with Crippen molar-refractivity contribution < 1.29 is 4.70 Å². The maximum Gasteiger partial charge on any atom is -0.0162 e. The minimum Gasteiger partial charge on any atom is -0.269 e. The summed E-state index contributed by atoms with van der Waals surface area (Å²) in [6, 6.07) is 10.8. The summed E-state index contributed by atoms with van der Waals surface area (Å²) in [5.41, 5.74) is 1.53. The molecule has 1 saturated carbocycles. The second kappa shape index (κ2) is 8.48. The highest BCUT2D eigenvalue weighted by Gasteiger charge is 2.22. The average Bonchev–Trinajstić information content (AvgIpc) is 2.92. The first-order valence-corrected chi connectivity index (χ1v) is 4.52. The first-order chi connectivity index (χ1) is 5.47. The van der Waals surface area contributed by atoms with Gasteiger partial charge in [-0.2, -0.15) is 0 Å². The molecule has 0 atom stereocenters. The smallest absolute Gasteiger partial charge is 0.0162 e. The molecule has 1 aliphatic rings. The summed E-state index contributed by atoms with van der Waals surface area (Å²) >= 11 is 0. The summed E-state index contributed by atoms with van der Waals surface area (Å²) in [5, 5.41) is 0. The lowest BCUT2D eigenvalue weighted by atomic mass is 10.1. The van der Waals surface area contributed by atoms with Crippen molar-refractivity contribution in [2.75, 3.05) is 0 Å². The summed E-state index contributed by atoms with van der Waals surface area (Å²) in [7, 11) is 0. The molecule has 0 spiro atoms. The minimum absolute atomic E-state index is 0. The van der Waals surface area contributed by atoms with Crippen LogP contribution in [0.1, 0.15) is 38.2 Å². The Morgan fingerprint density at radius 3 is 1.85 bits per heavy atom. The lowest BCUT2D eigenvalue weighted by molar-refractivity contribution is 1.11. The summed E-state index contributed by atoms with van der Waals surface area (Å²) in [6.45, 7) is 4.00. The van der Waals surface area contributed by atoms with Gasteiger partial charge in [-0.3, -0.25) is 4.70 Å². The zero-order chi connectivity index (χ0) is 8.10. The molecule has 0 unspecified atom stereocenters. The van der Waals surface area contributed by atoms with Crippen LogP contribution in [0.3, 0.4) is 0 Å². The van der Waals surface area contributed by atoms with E-state index in [1.807, 2.05) is 13.8 Å². The number of hydrogen-bond acceptors (Lipinski definition) is 0. The Morgan fingerprint density at radius 2 is 1.46 bits per heavy atom. The SMILES string of the molecule is CC.F.I.c1ccc(C2CC2)cc1. The molecule has 0 aromatic heterocycles. The first kappa shape index (κ1) is 15.4. The van der Waals surface area contributed by atoms with Gasteiger partial charge >= 0.3 is 0 Å². The molecular formula is C11H18FI. The van der Waals surface area contributed by atoms with Gasteiger partial charge in [0.15, 0.2) is 0 Å². The molecule has 1 fully saturated rings. The van der Waals surface area contributed by atoms with E-state index in [1.54, 1.807) is 0 Å². The fourth-order valence-corrected chi connectivity index (χ4v) is 1.14. The normalized spacial score (nSPS) is 12.8. The third-order valence-electron chi connectivity index (χ3n) is 1.85. The van der Waals surface area contributed by atoms with E-state index in [1.165, 1.54) is 18.4 Å². The van der Waals surface area contributed by atoms with Gasteiger partial charge in [-0.05, 0) is 24.3 Å². The summed E-state index contributed by atoms with van der Waals surface area (Å²) in [6.07, 6.45) is 2.81. The summed E-state index contributed by atoms with van der Waals surface area (Å²) < 4.78 is 0. The minimum atomic E-state index is 0. The second-order valence-electron chi connectivity index (χ2n) is 2.68. The number of benzene rings is 1. The van der Waals surface area contributed by atoms with Crippen LogP contribution in [0.4, 0.5) is 4.70 Å². The van der Waals surface area contributed by atoms with Crippen LogP contribution >= 0.6 is 24.0 Å². The zero-order valence-corrected chi connectivity index (χ0v) is 10.5. The van der Waals surface area contributed by atoms with Gasteiger partial charge in [0, 0.05) is 0 Å². The molecule has 0 amide bonds. The predicted molar refractivity (Wildman–Crippen MR) is 67.7 cm³/mol. The van der Waals surface area contributed by atoms with Crippen molar-refractivity contribution in [3.63, 3.8) is 0 Å². The first-order valence-electron chi connectivity index (χ1n) is 4.52. The van der Waals surface area contributed by atoms with Gasteiger partial charge in [-0.25, -0.2) is 0 Å². The third kappa shape index (κ3) is 5.24. The van der Waals surface area contributed by atoms with Gasteiger partial charge < -0.3 is 0 Å². The van der Waals surface area contributed by atoms with Crippen LogP contribution < -0.4 is 0 Å². The maximum atomic E-state index is 2.22. The van der Waals surface area contributed by atoms with Gasteiger partial charge in [-0.1, -0.05) is 44.2 Å². The standard InChI is InChI=1S/C9H10.C2H6.FH.HI/c1-2-4-8(5-3-1)9-6-7-9;1-2;;/h1-5,9H,6-7H2;1-2H3;2*1H. The van der Waals surface area contributed by atoms with E-state index in [4.69, 9.17) is 0 Å². The Hall–Kier alpha value is -0.120. The van der Waals surface area contributed by atoms with E-state index in [0.29, 0.717) is 0 Å². The zero-order valence-electron chi connectivity index (χ0n) is 8.19. The Kier molecular flexibility index (Phi) is 10.0. The molecule has 2 rings (SSSR count). The highest BCUT2D eigenvalue weighted by Crippen LogP contribution is 2.39. The quantitative estimate of drug-likeness (QED) is 0.675. The Balaban J connectivity index is 0. The molecule has 0 nitrogen and oxygen atoms in total. The lowest BCUT2D eigenvalue weighted by Gasteiger charge is -1.92. The van der Waals surface area contributed by atoms with Crippen LogP contribution in [-0.4, -0.2) is 0 Å². The van der Waals surface area contributed by atoms with E-state index < -0.39 is 0 Å². The molecule has 1 aromatic rings. The number of hydrogen-bond donors (Lipinski definition) is 0. The highest BCUT2D eigenvalue weighted by atomic mass is 127. The average molecular weight is 296 g/mol. The van der Waals surface area contributed by atoms with Crippen molar-refractivity contribution in [1.29, 1.82) is 0 Å². The van der Waals surface area contributed by atoms with E-state index in [0.717, 1.165) is 5.92 Å². The topological polar surface area (TPSA) is 0 Å². The van der Waals surface area contributed by atoms with E-state index in [-0.39, 0.29) is 28.7 Å². The molecule has 0 saturated heterocycles. The fourth-order valence-electron chi connectivity index (χ4n) is 1.14. The largest absolute Gasteiger partial charge is 0.269 e. The van der Waals surface area contributed by atoms with Crippen molar-refractivity contribution in [2.45, 2.75) is 32.6 Å². The van der Waals surface area contributed by atoms with Gasteiger partial charge in [0.25, 0.3) is 0 Å². The lowest BCUT2D eigenvalue weighted by Crippen LogP contribution is -1.73.